The molecule has 0 aliphatic carbocycles. The molecular formula is C11H16NO3S. The molecule has 1 radical (unpaired) electrons. The van der Waals surface area contributed by atoms with E-state index in [0.717, 1.165) is 5.56 Å². The van der Waals surface area contributed by atoms with Gasteiger partial charge < -0.3 is 0 Å². The highest BCUT2D eigenvalue weighted by molar-refractivity contribution is 7.93. The zero-order valence-electron chi connectivity index (χ0n) is 9.43. The fourth-order valence-corrected chi connectivity index (χ4v) is 1.84. The van der Waals surface area contributed by atoms with Crippen LogP contribution in [0.1, 0.15) is 19.4 Å². The summed E-state index contributed by atoms with van der Waals surface area (Å²) in [6.07, 6.45) is 0.469. The summed E-state index contributed by atoms with van der Waals surface area (Å²) in [5.41, 5.74) is 1.45. The lowest BCUT2D eigenvalue weighted by atomic mass is 10.1. The first-order chi connectivity index (χ1) is 7.45. The molecule has 0 aliphatic rings. The van der Waals surface area contributed by atoms with Gasteiger partial charge in [-0.1, -0.05) is 12.1 Å². The Morgan fingerprint density at radius 2 is 1.75 bits per heavy atom. The Kier molecular flexibility index (Phi) is 4.32. The number of hydrogen-bond acceptors (Lipinski definition) is 2. The second-order valence-electron chi connectivity index (χ2n) is 3.85. The van der Waals surface area contributed by atoms with Crippen LogP contribution in [0.25, 0.3) is 0 Å². The largest absolute Gasteiger partial charge is 0.283 e. The maximum Gasteiger partial charge on any atom is 0.235 e. The second-order valence-corrected chi connectivity index (χ2v) is 6.08. The van der Waals surface area contributed by atoms with Crippen LogP contribution in [0.15, 0.2) is 24.3 Å². The lowest BCUT2D eigenvalue weighted by Gasteiger charge is -2.10. The minimum atomic E-state index is -3.29. The van der Waals surface area contributed by atoms with Gasteiger partial charge in [-0.25, -0.2) is 13.5 Å². The summed E-state index contributed by atoms with van der Waals surface area (Å²) in [6, 6.07) is 6.86. The third-order valence-corrected chi connectivity index (χ3v) is 3.99. The first-order valence-electron chi connectivity index (χ1n) is 5.14. The Hall–Kier alpha value is -1.07. The predicted molar refractivity (Wildman–Crippen MR) is 63.4 cm³/mol. The van der Waals surface area contributed by atoms with Crippen molar-refractivity contribution in [1.29, 1.82) is 0 Å². The predicted octanol–water partition coefficient (Wildman–Crippen LogP) is 1.81. The van der Waals surface area contributed by atoms with Crippen LogP contribution >= 0.6 is 0 Å². The van der Waals surface area contributed by atoms with Crippen molar-refractivity contribution in [3.8, 4) is 0 Å². The van der Waals surface area contributed by atoms with Crippen LogP contribution < -0.4 is 4.72 Å². The van der Waals surface area contributed by atoms with Gasteiger partial charge in [-0.2, -0.15) is 0 Å². The van der Waals surface area contributed by atoms with Crippen molar-refractivity contribution in [2.45, 2.75) is 25.5 Å². The molecule has 16 heavy (non-hydrogen) atoms. The van der Waals surface area contributed by atoms with Crippen molar-refractivity contribution in [2.75, 3.05) is 11.3 Å². The molecule has 0 aromatic heterocycles. The van der Waals surface area contributed by atoms with Crippen LogP contribution in [0.3, 0.4) is 0 Å². The molecule has 0 saturated carbocycles. The Bertz CT molecular complexity index is 423. The number of rotatable bonds is 5. The summed E-state index contributed by atoms with van der Waals surface area (Å²) in [7, 11) is -3.29. The molecule has 0 heterocycles. The van der Waals surface area contributed by atoms with Gasteiger partial charge in [0.2, 0.25) is 10.0 Å². The molecule has 1 N–H and O–H groups in total. The van der Waals surface area contributed by atoms with E-state index < -0.39 is 15.3 Å². The van der Waals surface area contributed by atoms with Crippen molar-refractivity contribution in [3.05, 3.63) is 29.8 Å². The summed E-state index contributed by atoms with van der Waals surface area (Å²) in [5, 5.41) is 9.93. The van der Waals surface area contributed by atoms with Crippen LogP contribution in [-0.2, 0) is 21.6 Å². The minimum Gasteiger partial charge on any atom is -0.283 e. The molecule has 1 rings (SSSR count). The Labute approximate surface area is 96.4 Å². The van der Waals surface area contributed by atoms with E-state index in [1.165, 1.54) is 0 Å². The summed E-state index contributed by atoms with van der Waals surface area (Å²) >= 11 is 0. The summed E-state index contributed by atoms with van der Waals surface area (Å²) in [4.78, 5) is 0. The smallest absolute Gasteiger partial charge is 0.235 e. The molecule has 4 nitrogen and oxygen atoms in total. The van der Waals surface area contributed by atoms with E-state index >= 15 is 0 Å². The molecule has 89 valence electrons. The van der Waals surface area contributed by atoms with E-state index in [1.54, 1.807) is 38.1 Å². The van der Waals surface area contributed by atoms with Crippen molar-refractivity contribution < 1.29 is 13.5 Å². The maximum atomic E-state index is 11.5. The zero-order valence-corrected chi connectivity index (χ0v) is 10.3. The summed E-state index contributed by atoms with van der Waals surface area (Å²) in [5.74, 6) is 0. The van der Waals surface area contributed by atoms with Crippen LogP contribution in [0, 0.1) is 0 Å². The standard InChI is InChI=1S/C11H16NO3S/c1-9(2)16(14,15)12-11-5-3-10(4-6-11)7-8-13/h3-6,9,12H,7-8H2,1-2H3. The van der Waals surface area contributed by atoms with Crippen LogP contribution in [0.2, 0.25) is 0 Å². The molecule has 0 amide bonds. The van der Waals surface area contributed by atoms with Crippen molar-refractivity contribution >= 4 is 15.7 Å². The van der Waals surface area contributed by atoms with Gasteiger partial charge in [-0.05, 0) is 38.0 Å². The van der Waals surface area contributed by atoms with Gasteiger partial charge in [-0.3, -0.25) is 4.72 Å². The van der Waals surface area contributed by atoms with Crippen LogP contribution in [-0.4, -0.2) is 20.3 Å². The minimum absolute atomic E-state index is 0.156. The normalized spacial score (nSPS) is 11.8. The Morgan fingerprint density at radius 3 is 2.19 bits per heavy atom. The van der Waals surface area contributed by atoms with Crippen LogP contribution in [0.4, 0.5) is 5.69 Å². The lowest BCUT2D eigenvalue weighted by Crippen LogP contribution is -2.22. The topological polar surface area (TPSA) is 66.1 Å². The van der Waals surface area contributed by atoms with E-state index in [0.29, 0.717) is 12.1 Å². The van der Waals surface area contributed by atoms with E-state index in [-0.39, 0.29) is 6.61 Å². The second kappa shape index (κ2) is 5.32. The zero-order chi connectivity index (χ0) is 12.2. The monoisotopic (exact) mass is 242 g/mol. The van der Waals surface area contributed by atoms with E-state index in [4.69, 9.17) is 0 Å². The fourth-order valence-electron chi connectivity index (χ4n) is 1.14. The van der Waals surface area contributed by atoms with Crippen molar-refractivity contribution in [2.24, 2.45) is 0 Å². The summed E-state index contributed by atoms with van der Waals surface area (Å²) < 4.78 is 25.6. The molecule has 1 aromatic rings. The van der Waals surface area contributed by atoms with Crippen molar-refractivity contribution in [1.82, 2.24) is 0 Å². The van der Waals surface area contributed by atoms with Gasteiger partial charge in [0.05, 0.1) is 11.9 Å². The number of sulfonamides is 1. The highest BCUT2D eigenvalue weighted by Crippen LogP contribution is 2.13. The quantitative estimate of drug-likeness (QED) is 0.855. The highest BCUT2D eigenvalue weighted by atomic mass is 32.2. The third kappa shape index (κ3) is 3.50. The van der Waals surface area contributed by atoms with Gasteiger partial charge >= 0.3 is 0 Å². The highest BCUT2D eigenvalue weighted by Gasteiger charge is 2.15. The van der Waals surface area contributed by atoms with E-state index in [9.17, 15) is 13.5 Å². The van der Waals surface area contributed by atoms with Crippen molar-refractivity contribution in [3.63, 3.8) is 0 Å². The molecule has 5 heteroatoms. The summed E-state index contributed by atoms with van der Waals surface area (Å²) in [6.45, 7) is 3.08. The first kappa shape index (κ1) is 13.0. The number of nitrogens with one attached hydrogen (secondary N) is 1. The maximum absolute atomic E-state index is 11.5. The molecule has 0 spiro atoms. The van der Waals surface area contributed by atoms with Gasteiger partial charge in [0.1, 0.15) is 0 Å². The number of benzene rings is 1. The fraction of sp³-hybridized carbons (Fsp3) is 0.455. The molecule has 0 bridgehead atoms. The average molecular weight is 242 g/mol. The van der Waals surface area contributed by atoms with Crippen LogP contribution in [0.5, 0.6) is 0 Å². The molecule has 0 saturated heterocycles. The molecule has 0 aliphatic heterocycles. The van der Waals surface area contributed by atoms with E-state index in [2.05, 4.69) is 4.72 Å². The molecule has 0 fully saturated rings. The van der Waals surface area contributed by atoms with Gasteiger partial charge in [0.15, 0.2) is 0 Å². The molecule has 1 aromatic carbocycles. The Morgan fingerprint density at radius 1 is 1.19 bits per heavy atom. The average Bonchev–Trinajstić information content (AvgIpc) is 2.21. The lowest BCUT2D eigenvalue weighted by molar-refractivity contribution is 0.197. The third-order valence-electron chi connectivity index (χ3n) is 2.23. The van der Waals surface area contributed by atoms with Gasteiger partial charge in [0.25, 0.3) is 0 Å². The molecule has 0 unspecified atom stereocenters. The first-order valence-corrected chi connectivity index (χ1v) is 6.69. The van der Waals surface area contributed by atoms with Gasteiger partial charge in [0, 0.05) is 5.69 Å². The molecular weight excluding hydrogens is 226 g/mol. The number of hydrogen-bond donors (Lipinski definition) is 1. The SMILES string of the molecule is CC(C)S(=O)(=O)Nc1ccc(CC[O])cc1. The number of anilines is 1. The van der Waals surface area contributed by atoms with Gasteiger partial charge in [-0.15, -0.1) is 0 Å². The van der Waals surface area contributed by atoms with E-state index in [1.807, 2.05) is 0 Å². The molecule has 0 atom stereocenters. The Balaban J connectivity index is 2.76.